The first-order valence-corrected chi connectivity index (χ1v) is 11.5. The fraction of sp³-hybridized carbons (Fsp3) is 0.667. The van der Waals surface area contributed by atoms with Gasteiger partial charge in [-0.2, -0.15) is 0 Å². The summed E-state index contributed by atoms with van der Waals surface area (Å²) < 4.78 is 11.2. The largest absolute Gasteiger partial charge is 0.486 e. The Balaban J connectivity index is 1.10. The Bertz CT molecular complexity index is 847. The highest BCUT2D eigenvalue weighted by atomic mass is 16.6. The number of benzene rings is 1. The molecule has 160 valence electrons. The number of hydrogen-bond acceptors (Lipinski definition) is 4. The summed E-state index contributed by atoms with van der Waals surface area (Å²) in [6.07, 6.45) is 8.37. The van der Waals surface area contributed by atoms with Crippen molar-refractivity contribution in [3.05, 3.63) is 18.2 Å². The Hall–Kier alpha value is -2.24. The molecule has 2 amide bonds. The highest BCUT2D eigenvalue weighted by Crippen LogP contribution is 2.59. The van der Waals surface area contributed by atoms with E-state index in [9.17, 15) is 9.59 Å². The van der Waals surface area contributed by atoms with Gasteiger partial charge in [-0.3, -0.25) is 9.59 Å². The molecular formula is C24H30N2O4. The quantitative estimate of drug-likeness (QED) is 0.828. The van der Waals surface area contributed by atoms with Crippen molar-refractivity contribution in [1.29, 1.82) is 0 Å². The zero-order valence-electron chi connectivity index (χ0n) is 17.4. The van der Waals surface area contributed by atoms with E-state index in [1.807, 2.05) is 18.2 Å². The van der Waals surface area contributed by atoms with E-state index in [1.54, 1.807) is 4.90 Å². The minimum Gasteiger partial charge on any atom is -0.486 e. The average Bonchev–Trinajstić information content (AvgIpc) is 3.12. The van der Waals surface area contributed by atoms with Crippen molar-refractivity contribution in [2.24, 2.45) is 29.1 Å². The van der Waals surface area contributed by atoms with Gasteiger partial charge in [-0.1, -0.05) is 0 Å². The number of nitrogens with zero attached hydrogens (tertiary/aromatic N) is 1. The van der Waals surface area contributed by atoms with Gasteiger partial charge in [-0.25, -0.2) is 0 Å². The molecular weight excluding hydrogens is 380 g/mol. The van der Waals surface area contributed by atoms with E-state index in [4.69, 9.17) is 9.47 Å². The van der Waals surface area contributed by atoms with Crippen molar-refractivity contribution in [3.8, 4) is 11.5 Å². The molecule has 6 heteroatoms. The van der Waals surface area contributed by atoms with E-state index in [2.05, 4.69) is 5.32 Å². The Morgan fingerprint density at radius 1 is 1.03 bits per heavy atom. The smallest absolute Gasteiger partial charge is 0.227 e. The van der Waals surface area contributed by atoms with Crippen LogP contribution >= 0.6 is 0 Å². The number of anilines is 1. The van der Waals surface area contributed by atoms with Gasteiger partial charge in [0.1, 0.15) is 13.2 Å². The molecule has 1 atom stereocenters. The summed E-state index contributed by atoms with van der Waals surface area (Å²) >= 11 is 0. The Labute approximate surface area is 177 Å². The first-order valence-electron chi connectivity index (χ1n) is 11.5. The lowest BCUT2D eigenvalue weighted by Crippen LogP contribution is -2.51. The SMILES string of the molecule is O=C(NCC12CC3CC(CC(C3)C1)C2)C1CC(=O)N(c2ccc3c(c2)OCCO3)C1. The predicted molar refractivity (Wildman–Crippen MR) is 112 cm³/mol. The minimum atomic E-state index is -0.278. The molecule has 0 radical (unpaired) electrons. The third-order valence-electron chi connectivity index (χ3n) is 8.14. The zero-order valence-corrected chi connectivity index (χ0v) is 17.4. The summed E-state index contributed by atoms with van der Waals surface area (Å²) in [6, 6.07) is 5.57. The number of amides is 2. The lowest BCUT2D eigenvalue weighted by Gasteiger charge is -2.57. The van der Waals surface area contributed by atoms with Crippen LogP contribution in [0.25, 0.3) is 0 Å². The summed E-state index contributed by atoms with van der Waals surface area (Å²) in [5.41, 5.74) is 1.10. The summed E-state index contributed by atoms with van der Waals surface area (Å²) in [5, 5.41) is 3.26. The normalized spacial score (nSPS) is 36.3. The highest BCUT2D eigenvalue weighted by Gasteiger charge is 2.51. The van der Waals surface area contributed by atoms with Gasteiger partial charge in [0.05, 0.1) is 5.92 Å². The molecule has 1 unspecified atom stereocenters. The Kier molecular flexibility index (Phi) is 4.26. The molecule has 4 aliphatic carbocycles. The zero-order chi connectivity index (χ0) is 20.3. The molecule has 6 nitrogen and oxygen atoms in total. The molecule has 1 N–H and O–H groups in total. The second kappa shape index (κ2) is 6.89. The van der Waals surface area contributed by atoms with Crippen LogP contribution < -0.4 is 19.7 Å². The number of rotatable bonds is 4. The second-order valence-electron chi connectivity index (χ2n) is 10.4. The number of nitrogens with one attached hydrogen (secondary N) is 1. The molecule has 1 saturated heterocycles. The third-order valence-corrected chi connectivity index (χ3v) is 8.14. The number of fused-ring (bicyclic) bond motifs is 1. The second-order valence-corrected chi connectivity index (χ2v) is 10.4. The van der Waals surface area contributed by atoms with Gasteiger partial charge in [-0.05, 0) is 73.8 Å². The molecule has 0 aromatic heterocycles. The maximum absolute atomic E-state index is 13.0. The van der Waals surface area contributed by atoms with Crippen LogP contribution in [0.5, 0.6) is 11.5 Å². The molecule has 5 fully saturated rings. The third kappa shape index (κ3) is 3.15. The molecule has 4 saturated carbocycles. The first kappa shape index (κ1) is 18.5. The molecule has 4 bridgehead atoms. The number of carbonyl (C=O) groups is 2. The van der Waals surface area contributed by atoms with Gasteiger partial charge in [0.25, 0.3) is 0 Å². The summed E-state index contributed by atoms with van der Waals surface area (Å²) in [6.45, 7) is 2.29. The van der Waals surface area contributed by atoms with Gasteiger partial charge >= 0.3 is 0 Å². The van der Waals surface area contributed by atoms with Gasteiger partial charge < -0.3 is 19.7 Å². The van der Waals surface area contributed by atoms with Crippen molar-refractivity contribution in [1.82, 2.24) is 5.32 Å². The van der Waals surface area contributed by atoms with E-state index < -0.39 is 0 Å². The van der Waals surface area contributed by atoms with Crippen molar-refractivity contribution < 1.29 is 19.1 Å². The number of ether oxygens (including phenoxy) is 2. The maximum atomic E-state index is 13.0. The van der Waals surface area contributed by atoms with Crippen LogP contribution in [0.4, 0.5) is 5.69 Å². The summed E-state index contributed by atoms with van der Waals surface area (Å²) in [4.78, 5) is 27.3. The number of hydrogen-bond donors (Lipinski definition) is 1. The average molecular weight is 411 g/mol. The van der Waals surface area contributed by atoms with Crippen molar-refractivity contribution in [2.45, 2.75) is 44.9 Å². The molecule has 30 heavy (non-hydrogen) atoms. The van der Waals surface area contributed by atoms with Gasteiger partial charge in [-0.15, -0.1) is 0 Å². The van der Waals surface area contributed by atoms with E-state index >= 15 is 0 Å². The monoisotopic (exact) mass is 410 g/mol. The lowest BCUT2D eigenvalue weighted by molar-refractivity contribution is -0.128. The van der Waals surface area contributed by atoms with E-state index in [1.165, 1.54) is 38.5 Å². The summed E-state index contributed by atoms with van der Waals surface area (Å²) in [7, 11) is 0. The standard InChI is InChI=1S/C24H30N2O4/c27-22-8-18(13-26(22)19-1-2-20-21(9-19)30-4-3-29-20)23(28)25-14-24-10-15-5-16(11-24)7-17(6-15)12-24/h1-2,9,15-18H,3-8,10-14H2,(H,25,28). The lowest BCUT2D eigenvalue weighted by atomic mass is 9.49. The predicted octanol–water partition coefficient (Wildman–Crippen LogP) is 3.14. The minimum absolute atomic E-state index is 0.00151. The molecule has 0 spiro atoms. The van der Waals surface area contributed by atoms with E-state index in [0.717, 1.165) is 30.0 Å². The van der Waals surface area contributed by atoms with Gasteiger partial charge in [0.2, 0.25) is 11.8 Å². The van der Waals surface area contributed by atoms with Crippen molar-refractivity contribution in [2.75, 3.05) is 31.2 Å². The highest BCUT2D eigenvalue weighted by molar-refractivity contribution is 6.00. The molecule has 6 aliphatic rings. The van der Waals surface area contributed by atoms with Gasteiger partial charge in [0.15, 0.2) is 11.5 Å². The van der Waals surface area contributed by atoms with Crippen LogP contribution in [0.1, 0.15) is 44.9 Å². The molecule has 7 rings (SSSR count). The number of carbonyl (C=O) groups excluding carboxylic acids is 2. The maximum Gasteiger partial charge on any atom is 0.227 e. The van der Waals surface area contributed by atoms with Crippen LogP contribution in [-0.4, -0.2) is 38.1 Å². The topological polar surface area (TPSA) is 67.9 Å². The summed E-state index contributed by atoms with van der Waals surface area (Å²) in [5.74, 6) is 3.79. The Morgan fingerprint density at radius 3 is 2.40 bits per heavy atom. The molecule has 1 aromatic rings. The van der Waals surface area contributed by atoms with Crippen molar-refractivity contribution in [3.63, 3.8) is 0 Å². The van der Waals surface area contributed by atoms with E-state index in [-0.39, 0.29) is 24.2 Å². The van der Waals surface area contributed by atoms with E-state index in [0.29, 0.717) is 36.7 Å². The van der Waals surface area contributed by atoms with Crippen LogP contribution in [0, 0.1) is 29.1 Å². The van der Waals surface area contributed by atoms with Crippen molar-refractivity contribution >= 4 is 17.5 Å². The molecule has 2 aliphatic heterocycles. The Morgan fingerprint density at radius 2 is 1.70 bits per heavy atom. The molecule has 1 aromatic carbocycles. The van der Waals surface area contributed by atoms with Crippen LogP contribution in [0.15, 0.2) is 18.2 Å². The fourth-order valence-corrected chi connectivity index (χ4v) is 7.26. The van der Waals surface area contributed by atoms with Crippen LogP contribution in [0.2, 0.25) is 0 Å². The first-order chi connectivity index (χ1) is 14.6. The van der Waals surface area contributed by atoms with Crippen LogP contribution in [-0.2, 0) is 9.59 Å². The van der Waals surface area contributed by atoms with Crippen LogP contribution in [0.3, 0.4) is 0 Å². The van der Waals surface area contributed by atoms with Gasteiger partial charge in [0, 0.05) is 31.3 Å². The fourth-order valence-electron chi connectivity index (χ4n) is 7.26. The molecule has 2 heterocycles.